The van der Waals surface area contributed by atoms with Gasteiger partial charge in [0.25, 0.3) is 0 Å². The molecule has 0 saturated heterocycles. The Hall–Kier alpha value is -1.52. The Balaban J connectivity index is 2.31. The van der Waals surface area contributed by atoms with Crippen LogP contribution in [-0.2, 0) is 6.42 Å². The zero-order valence-corrected chi connectivity index (χ0v) is 9.47. The van der Waals surface area contributed by atoms with E-state index in [1.54, 1.807) is 11.3 Å². The van der Waals surface area contributed by atoms with Crippen molar-refractivity contribution in [2.75, 3.05) is 0 Å². The highest BCUT2D eigenvalue weighted by molar-refractivity contribution is 7.08. The van der Waals surface area contributed by atoms with E-state index in [-0.39, 0.29) is 0 Å². The van der Waals surface area contributed by atoms with E-state index in [9.17, 15) is 0 Å². The van der Waals surface area contributed by atoms with Gasteiger partial charge in [0, 0.05) is 16.5 Å². The number of rotatable bonds is 1. The van der Waals surface area contributed by atoms with Crippen LogP contribution >= 0.6 is 11.3 Å². The average molecular weight is 212 g/mol. The summed E-state index contributed by atoms with van der Waals surface area (Å²) < 4.78 is 0. The molecule has 0 nitrogen and oxygen atoms in total. The Bertz CT molecular complexity index is 484. The van der Waals surface area contributed by atoms with Gasteiger partial charge in [-0.15, -0.1) is 0 Å². The third kappa shape index (κ3) is 2.49. The van der Waals surface area contributed by atoms with Gasteiger partial charge < -0.3 is 0 Å². The number of thiophene rings is 1. The monoisotopic (exact) mass is 212 g/mol. The van der Waals surface area contributed by atoms with E-state index in [0.29, 0.717) is 0 Å². The van der Waals surface area contributed by atoms with Gasteiger partial charge in [0.05, 0.1) is 0 Å². The van der Waals surface area contributed by atoms with Crippen molar-refractivity contribution >= 4 is 11.3 Å². The first-order valence-electron chi connectivity index (χ1n) is 5.02. The first-order chi connectivity index (χ1) is 7.40. The zero-order valence-electron chi connectivity index (χ0n) is 8.66. The van der Waals surface area contributed by atoms with Crippen LogP contribution in [0, 0.1) is 11.8 Å². The molecule has 1 aromatic heterocycles. The molecule has 0 aliphatic rings. The molecule has 0 saturated carbocycles. The Kier molecular flexibility index (Phi) is 3.22. The second-order valence-electron chi connectivity index (χ2n) is 3.27. The molecule has 2 aromatic rings. The lowest BCUT2D eigenvalue weighted by Gasteiger charge is -1.98. The van der Waals surface area contributed by atoms with Crippen LogP contribution in [0.25, 0.3) is 0 Å². The van der Waals surface area contributed by atoms with Crippen molar-refractivity contribution in [3.63, 3.8) is 0 Å². The molecule has 1 heteroatoms. The van der Waals surface area contributed by atoms with E-state index in [0.717, 1.165) is 17.5 Å². The van der Waals surface area contributed by atoms with Gasteiger partial charge in [0.2, 0.25) is 0 Å². The van der Waals surface area contributed by atoms with Crippen molar-refractivity contribution in [1.82, 2.24) is 0 Å². The summed E-state index contributed by atoms with van der Waals surface area (Å²) in [5.74, 6) is 6.40. The Labute approximate surface area is 94.6 Å². The summed E-state index contributed by atoms with van der Waals surface area (Å²) in [6.45, 7) is 2.16. The van der Waals surface area contributed by atoms with Crippen molar-refractivity contribution in [1.29, 1.82) is 0 Å². The molecule has 0 aliphatic carbocycles. The molecule has 2 rings (SSSR count). The molecule has 1 heterocycles. The highest BCUT2D eigenvalue weighted by Gasteiger charge is 1.94. The van der Waals surface area contributed by atoms with Gasteiger partial charge in [0.1, 0.15) is 0 Å². The SMILES string of the molecule is CCc1ccccc1C#Cc1ccsc1. The molecule has 0 N–H and O–H groups in total. The third-order valence-corrected chi connectivity index (χ3v) is 2.94. The van der Waals surface area contributed by atoms with Crippen molar-refractivity contribution in [2.24, 2.45) is 0 Å². The largest absolute Gasteiger partial charge is 0.151 e. The van der Waals surface area contributed by atoms with Gasteiger partial charge in [-0.25, -0.2) is 0 Å². The minimum atomic E-state index is 1.04. The van der Waals surface area contributed by atoms with Gasteiger partial charge in [-0.3, -0.25) is 0 Å². The summed E-state index contributed by atoms with van der Waals surface area (Å²) in [6.07, 6.45) is 1.04. The van der Waals surface area contributed by atoms with E-state index < -0.39 is 0 Å². The van der Waals surface area contributed by atoms with Crippen LogP contribution < -0.4 is 0 Å². The van der Waals surface area contributed by atoms with E-state index >= 15 is 0 Å². The van der Waals surface area contributed by atoms with Crippen LogP contribution in [-0.4, -0.2) is 0 Å². The Morgan fingerprint density at radius 2 is 2.00 bits per heavy atom. The van der Waals surface area contributed by atoms with Crippen molar-refractivity contribution in [3.8, 4) is 11.8 Å². The fraction of sp³-hybridized carbons (Fsp3) is 0.143. The van der Waals surface area contributed by atoms with E-state index in [1.165, 1.54) is 5.56 Å². The summed E-state index contributed by atoms with van der Waals surface area (Å²) in [6, 6.07) is 10.4. The molecular weight excluding hydrogens is 200 g/mol. The van der Waals surface area contributed by atoms with Crippen molar-refractivity contribution in [2.45, 2.75) is 13.3 Å². The third-order valence-electron chi connectivity index (χ3n) is 2.26. The number of benzene rings is 1. The lowest BCUT2D eigenvalue weighted by atomic mass is 10.1. The molecule has 0 fully saturated rings. The topological polar surface area (TPSA) is 0 Å². The molecule has 1 aromatic carbocycles. The summed E-state index contributed by atoms with van der Waals surface area (Å²) in [5.41, 5.74) is 3.57. The van der Waals surface area contributed by atoms with Crippen LogP contribution in [0.4, 0.5) is 0 Å². The van der Waals surface area contributed by atoms with E-state index in [1.807, 2.05) is 12.1 Å². The molecule has 0 atom stereocenters. The first kappa shape index (κ1) is 10.0. The molecular formula is C14H12S. The second kappa shape index (κ2) is 4.82. The van der Waals surface area contributed by atoms with Gasteiger partial charge in [-0.1, -0.05) is 37.0 Å². The van der Waals surface area contributed by atoms with Crippen LogP contribution in [0.2, 0.25) is 0 Å². The van der Waals surface area contributed by atoms with Gasteiger partial charge in [-0.05, 0) is 29.5 Å². The molecule has 0 aliphatic heterocycles. The van der Waals surface area contributed by atoms with Crippen molar-refractivity contribution in [3.05, 3.63) is 57.8 Å². The van der Waals surface area contributed by atoms with Crippen LogP contribution in [0.1, 0.15) is 23.6 Å². The first-order valence-corrected chi connectivity index (χ1v) is 5.96. The predicted octanol–water partition coefficient (Wildman–Crippen LogP) is 3.71. The van der Waals surface area contributed by atoms with E-state index in [2.05, 4.69) is 47.7 Å². The summed E-state index contributed by atoms with van der Waals surface area (Å²) in [5, 5.41) is 4.12. The van der Waals surface area contributed by atoms with Gasteiger partial charge in [-0.2, -0.15) is 11.3 Å². The van der Waals surface area contributed by atoms with Crippen LogP contribution in [0.5, 0.6) is 0 Å². The molecule has 0 unspecified atom stereocenters. The molecule has 0 amide bonds. The summed E-state index contributed by atoms with van der Waals surface area (Å²) in [7, 11) is 0. The normalized spacial score (nSPS) is 9.40. The average Bonchev–Trinajstić information content (AvgIpc) is 2.79. The molecule has 15 heavy (non-hydrogen) atoms. The van der Waals surface area contributed by atoms with Crippen LogP contribution in [0.15, 0.2) is 41.1 Å². The number of hydrogen-bond donors (Lipinski definition) is 0. The number of hydrogen-bond acceptors (Lipinski definition) is 1. The Morgan fingerprint density at radius 1 is 1.13 bits per heavy atom. The summed E-state index contributed by atoms with van der Waals surface area (Å²) >= 11 is 1.68. The fourth-order valence-corrected chi connectivity index (χ4v) is 2.01. The maximum atomic E-state index is 3.22. The zero-order chi connectivity index (χ0) is 10.5. The van der Waals surface area contributed by atoms with Gasteiger partial charge >= 0.3 is 0 Å². The molecule has 0 radical (unpaired) electrons. The van der Waals surface area contributed by atoms with E-state index in [4.69, 9.17) is 0 Å². The summed E-state index contributed by atoms with van der Waals surface area (Å²) in [4.78, 5) is 0. The fourth-order valence-electron chi connectivity index (χ4n) is 1.43. The lowest BCUT2D eigenvalue weighted by Crippen LogP contribution is -1.85. The lowest BCUT2D eigenvalue weighted by molar-refractivity contribution is 1.13. The van der Waals surface area contributed by atoms with Crippen LogP contribution in [0.3, 0.4) is 0 Å². The molecule has 0 spiro atoms. The number of aryl methyl sites for hydroxylation is 1. The Morgan fingerprint density at radius 3 is 2.73 bits per heavy atom. The minimum Gasteiger partial charge on any atom is -0.151 e. The van der Waals surface area contributed by atoms with Gasteiger partial charge in [0.15, 0.2) is 0 Å². The highest BCUT2D eigenvalue weighted by Crippen LogP contribution is 2.09. The predicted molar refractivity (Wildman–Crippen MR) is 66.1 cm³/mol. The maximum absolute atomic E-state index is 3.22. The van der Waals surface area contributed by atoms with Crippen molar-refractivity contribution < 1.29 is 0 Å². The maximum Gasteiger partial charge on any atom is 0.0356 e. The minimum absolute atomic E-state index is 1.04. The molecule has 74 valence electrons. The highest BCUT2D eigenvalue weighted by atomic mass is 32.1. The smallest absolute Gasteiger partial charge is 0.0356 e. The second-order valence-corrected chi connectivity index (χ2v) is 4.05. The molecule has 0 bridgehead atoms. The quantitative estimate of drug-likeness (QED) is 0.632. The standard InChI is InChI=1S/C14H12S/c1-2-13-5-3-4-6-14(13)8-7-12-9-10-15-11-12/h3-6,9-11H,2H2,1H3.